The first kappa shape index (κ1) is 12.8. The Kier molecular flexibility index (Phi) is 3.25. The van der Waals surface area contributed by atoms with Gasteiger partial charge in [-0.25, -0.2) is 4.98 Å². The molecule has 1 aliphatic carbocycles. The number of nitriles is 1. The molecule has 2 aromatic heterocycles. The molecule has 1 saturated carbocycles. The summed E-state index contributed by atoms with van der Waals surface area (Å²) in [7, 11) is 0. The number of thiophene rings is 1. The van der Waals surface area contributed by atoms with Crippen molar-refractivity contribution in [2.45, 2.75) is 25.8 Å². The van der Waals surface area contributed by atoms with E-state index in [9.17, 15) is 10.1 Å². The van der Waals surface area contributed by atoms with Crippen LogP contribution in [0.2, 0.25) is 0 Å². The molecule has 1 N–H and O–H groups in total. The lowest BCUT2D eigenvalue weighted by atomic mass is 10.0. The Morgan fingerprint density at radius 3 is 2.95 bits per heavy atom. The molecule has 100 valence electrons. The fourth-order valence-electron chi connectivity index (χ4n) is 2.06. The highest BCUT2D eigenvalue weighted by Gasteiger charge is 2.25. The van der Waals surface area contributed by atoms with E-state index in [0.717, 1.165) is 24.0 Å². The van der Waals surface area contributed by atoms with Gasteiger partial charge in [0.05, 0.1) is 11.3 Å². The highest BCUT2D eigenvalue weighted by Crippen LogP contribution is 2.28. The van der Waals surface area contributed by atoms with Crippen LogP contribution < -0.4 is 5.32 Å². The largest absolute Gasteiger partial charge is 0.348 e. The maximum absolute atomic E-state index is 12.1. The van der Waals surface area contributed by atoms with Crippen molar-refractivity contribution in [3.8, 4) is 17.2 Å². The van der Waals surface area contributed by atoms with Crippen LogP contribution in [0.4, 0.5) is 0 Å². The van der Waals surface area contributed by atoms with E-state index in [-0.39, 0.29) is 5.91 Å². The van der Waals surface area contributed by atoms with Crippen LogP contribution in [0, 0.1) is 18.3 Å². The molecule has 2 heterocycles. The van der Waals surface area contributed by atoms with E-state index in [1.165, 1.54) is 0 Å². The highest BCUT2D eigenvalue weighted by atomic mass is 32.1. The molecule has 1 amide bonds. The first-order valence-corrected chi connectivity index (χ1v) is 7.38. The van der Waals surface area contributed by atoms with Crippen molar-refractivity contribution in [2.24, 2.45) is 0 Å². The number of carbonyl (C=O) groups is 1. The van der Waals surface area contributed by atoms with Gasteiger partial charge in [-0.1, -0.05) is 0 Å². The van der Waals surface area contributed by atoms with Gasteiger partial charge in [0.15, 0.2) is 0 Å². The minimum absolute atomic E-state index is 0.156. The van der Waals surface area contributed by atoms with Crippen LogP contribution >= 0.6 is 11.3 Å². The molecule has 4 nitrogen and oxygen atoms in total. The molecule has 20 heavy (non-hydrogen) atoms. The van der Waals surface area contributed by atoms with Crippen molar-refractivity contribution in [3.05, 3.63) is 39.8 Å². The number of pyridine rings is 1. The predicted octanol–water partition coefficient (Wildman–Crippen LogP) is 2.88. The van der Waals surface area contributed by atoms with Crippen LogP contribution in [0.15, 0.2) is 22.9 Å². The van der Waals surface area contributed by atoms with Crippen LogP contribution in [0.3, 0.4) is 0 Å². The third-order valence-corrected chi connectivity index (χ3v) is 3.97. The monoisotopic (exact) mass is 283 g/mol. The van der Waals surface area contributed by atoms with Crippen molar-refractivity contribution >= 4 is 17.2 Å². The number of hydrogen-bond donors (Lipinski definition) is 1. The Bertz CT molecular complexity index is 697. The van der Waals surface area contributed by atoms with Crippen molar-refractivity contribution in [1.82, 2.24) is 10.3 Å². The second-order valence-corrected chi connectivity index (χ2v) is 5.67. The molecule has 3 rings (SSSR count). The van der Waals surface area contributed by atoms with E-state index in [2.05, 4.69) is 16.4 Å². The zero-order chi connectivity index (χ0) is 14.1. The molecule has 2 aromatic rings. The van der Waals surface area contributed by atoms with Gasteiger partial charge in [-0.2, -0.15) is 16.6 Å². The van der Waals surface area contributed by atoms with Gasteiger partial charge in [0.2, 0.25) is 0 Å². The molecule has 0 aromatic carbocycles. The molecule has 0 saturated heterocycles. The first-order valence-electron chi connectivity index (χ1n) is 6.44. The van der Waals surface area contributed by atoms with Crippen molar-refractivity contribution in [3.63, 3.8) is 0 Å². The van der Waals surface area contributed by atoms with Gasteiger partial charge >= 0.3 is 0 Å². The quantitative estimate of drug-likeness (QED) is 0.942. The molecule has 0 bridgehead atoms. The molecule has 0 atom stereocenters. The third-order valence-electron chi connectivity index (χ3n) is 3.29. The van der Waals surface area contributed by atoms with Crippen LogP contribution in [0.5, 0.6) is 0 Å². The van der Waals surface area contributed by atoms with E-state index < -0.39 is 0 Å². The average Bonchev–Trinajstić information content (AvgIpc) is 3.07. The summed E-state index contributed by atoms with van der Waals surface area (Å²) >= 11 is 1.56. The van der Waals surface area contributed by atoms with Crippen LogP contribution in [0.1, 0.15) is 34.6 Å². The van der Waals surface area contributed by atoms with Crippen LogP contribution in [-0.4, -0.2) is 16.9 Å². The van der Waals surface area contributed by atoms with Gasteiger partial charge in [0, 0.05) is 11.6 Å². The number of hydrogen-bond acceptors (Lipinski definition) is 4. The number of nitrogens with one attached hydrogen (secondary N) is 1. The van der Waals surface area contributed by atoms with Gasteiger partial charge < -0.3 is 5.32 Å². The van der Waals surface area contributed by atoms with Gasteiger partial charge in [-0.05, 0) is 48.2 Å². The zero-order valence-corrected chi connectivity index (χ0v) is 11.8. The topological polar surface area (TPSA) is 65.8 Å². The maximum atomic E-state index is 12.1. The first-order chi connectivity index (χ1) is 9.69. The Labute approximate surface area is 121 Å². The normalized spacial score (nSPS) is 13.8. The van der Waals surface area contributed by atoms with E-state index in [1.54, 1.807) is 24.3 Å². The van der Waals surface area contributed by atoms with Gasteiger partial charge in [0.1, 0.15) is 11.8 Å². The summed E-state index contributed by atoms with van der Waals surface area (Å²) in [5.41, 5.74) is 3.25. The molecular formula is C15H13N3OS. The number of nitrogens with zero attached hydrogens (tertiary/aromatic N) is 2. The minimum Gasteiger partial charge on any atom is -0.348 e. The molecule has 0 radical (unpaired) electrons. The van der Waals surface area contributed by atoms with Crippen molar-refractivity contribution < 1.29 is 4.79 Å². The Morgan fingerprint density at radius 1 is 1.55 bits per heavy atom. The number of aromatic nitrogens is 1. The molecule has 5 heteroatoms. The molecule has 1 aliphatic rings. The van der Waals surface area contributed by atoms with E-state index in [1.807, 2.05) is 16.8 Å². The summed E-state index contributed by atoms with van der Waals surface area (Å²) in [6, 6.07) is 6.14. The average molecular weight is 283 g/mol. The van der Waals surface area contributed by atoms with Gasteiger partial charge in [-0.3, -0.25) is 4.79 Å². The summed E-state index contributed by atoms with van der Waals surface area (Å²) in [4.78, 5) is 16.4. The van der Waals surface area contributed by atoms with Crippen molar-refractivity contribution in [2.75, 3.05) is 0 Å². The second kappa shape index (κ2) is 5.06. The number of carbonyl (C=O) groups excluding carboxylic acids is 1. The lowest BCUT2D eigenvalue weighted by Crippen LogP contribution is -2.26. The molecule has 0 aliphatic heterocycles. The summed E-state index contributed by atoms with van der Waals surface area (Å²) in [5, 5.41) is 16.1. The number of rotatable bonds is 3. The number of aryl methyl sites for hydroxylation is 1. The highest BCUT2D eigenvalue weighted by molar-refractivity contribution is 7.08. The molecule has 0 unspecified atom stereocenters. The number of amides is 1. The summed E-state index contributed by atoms with van der Waals surface area (Å²) in [5.74, 6) is -0.156. The second-order valence-electron chi connectivity index (χ2n) is 4.89. The lowest BCUT2D eigenvalue weighted by Gasteiger charge is -2.09. The fraction of sp³-hybridized carbons (Fsp3) is 0.267. The smallest absolute Gasteiger partial charge is 0.270 e. The van der Waals surface area contributed by atoms with Crippen LogP contribution in [-0.2, 0) is 0 Å². The molecule has 0 spiro atoms. The van der Waals surface area contributed by atoms with E-state index in [0.29, 0.717) is 23.0 Å². The minimum atomic E-state index is -0.156. The Balaban J connectivity index is 2.05. The standard InChI is InChI=1S/C15H13N3OS/c1-9-13(7-16)12(10-4-5-20-8-10)6-14(17-9)15(19)18-11-2-3-11/h4-6,8,11H,2-3H2,1H3,(H,18,19). The van der Waals surface area contributed by atoms with Gasteiger partial charge in [0.25, 0.3) is 5.91 Å². The zero-order valence-electron chi connectivity index (χ0n) is 11.0. The SMILES string of the molecule is Cc1nc(C(=O)NC2CC2)cc(-c2ccsc2)c1C#N. The summed E-state index contributed by atoms with van der Waals surface area (Å²) < 4.78 is 0. The maximum Gasteiger partial charge on any atom is 0.270 e. The van der Waals surface area contributed by atoms with Crippen molar-refractivity contribution in [1.29, 1.82) is 5.26 Å². The fourth-order valence-corrected chi connectivity index (χ4v) is 2.72. The lowest BCUT2D eigenvalue weighted by molar-refractivity contribution is 0.0946. The Morgan fingerprint density at radius 2 is 2.35 bits per heavy atom. The van der Waals surface area contributed by atoms with E-state index >= 15 is 0 Å². The predicted molar refractivity (Wildman–Crippen MR) is 77.5 cm³/mol. The van der Waals surface area contributed by atoms with Crippen LogP contribution in [0.25, 0.3) is 11.1 Å². The third kappa shape index (κ3) is 2.43. The van der Waals surface area contributed by atoms with E-state index in [4.69, 9.17) is 0 Å². The van der Waals surface area contributed by atoms with Gasteiger partial charge in [-0.15, -0.1) is 0 Å². The summed E-state index contributed by atoms with van der Waals surface area (Å²) in [6.07, 6.45) is 2.08. The molecular weight excluding hydrogens is 270 g/mol. The Hall–Kier alpha value is -2.19. The summed E-state index contributed by atoms with van der Waals surface area (Å²) in [6.45, 7) is 1.77. The molecule has 1 fully saturated rings.